The van der Waals surface area contributed by atoms with Gasteiger partial charge in [0.25, 0.3) is 0 Å². The topological polar surface area (TPSA) is 72.5 Å². The molecule has 0 aromatic heterocycles. The van der Waals surface area contributed by atoms with Gasteiger partial charge in [-0.15, -0.1) is 0 Å². The Morgan fingerprint density at radius 3 is 2.68 bits per heavy atom. The fraction of sp³-hybridized carbons (Fsp3) is 0.381. The molecule has 0 aliphatic heterocycles. The number of carbonyl (C=O) groups is 1. The molecule has 10 heteroatoms. The monoisotopic (exact) mass is 519 g/mol. The highest BCUT2D eigenvalue weighted by atomic mass is 79.9. The zero-order chi connectivity index (χ0) is 22.8. The maximum atomic E-state index is 13.1. The van der Waals surface area contributed by atoms with Gasteiger partial charge in [-0.1, -0.05) is 35.0 Å². The molecule has 31 heavy (non-hydrogen) atoms. The molecule has 0 radical (unpaired) electrons. The Morgan fingerprint density at radius 1 is 1.26 bits per heavy atom. The summed E-state index contributed by atoms with van der Waals surface area (Å²) in [4.78, 5) is 11.1. The third-order valence-corrected chi connectivity index (χ3v) is 6.96. The SMILES string of the molecule is CCC(=O)COc1cccc2c1CCCC2NS(=O)(=O)c1cc(Br)cc(C(F)(F)F)c1. The summed E-state index contributed by atoms with van der Waals surface area (Å²) < 4.78 is 73.3. The smallest absolute Gasteiger partial charge is 0.416 e. The highest BCUT2D eigenvalue weighted by Gasteiger charge is 2.33. The normalized spacial score (nSPS) is 16.6. The lowest BCUT2D eigenvalue weighted by atomic mass is 9.87. The Hall–Kier alpha value is -1.91. The number of ketones is 1. The second kappa shape index (κ2) is 9.30. The first-order valence-electron chi connectivity index (χ1n) is 9.67. The number of ether oxygens (including phenoxy) is 1. The van der Waals surface area contributed by atoms with Gasteiger partial charge in [0.15, 0.2) is 5.78 Å². The van der Waals surface area contributed by atoms with Gasteiger partial charge in [-0.3, -0.25) is 4.79 Å². The number of sulfonamides is 1. The van der Waals surface area contributed by atoms with Crippen molar-refractivity contribution in [2.24, 2.45) is 0 Å². The number of carbonyl (C=O) groups excluding carboxylic acids is 1. The van der Waals surface area contributed by atoms with Crippen molar-refractivity contribution in [2.75, 3.05) is 6.61 Å². The van der Waals surface area contributed by atoms with Gasteiger partial charge < -0.3 is 4.74 Å². The molecular formula is C21H21BrF3NO4S. The van der Waals surface area contributed by atoms with Crippen LogP contribution >= 0.6 is 15.9 Å². The van der Waals surface area contributed by atoms with Crippen molar-refractivity contribution in [1.29, 1.82) is 0 Å². The van der Waals surface area contributed by atoms with Crippen LogP contribution in [0.2, 0.25) is 0 Å². The average Bonchev–Trinajstić information content (AvgIpc) is 2.71. The number of hydrogen-bond donors (Lipinski definition) is 1. The van der Waals surface area contributed by atoms with Crippen LogP contribution in [0, 0.1) is 0 Å². The van der Waals surface area contributed by atoms with E-state index < -0.39 is 32.7 Å². The van der Waals surface area contributed by atoms with Gasteiger partial charge >= 0.3 is 6.18 Å². The van der Waals surface area contributed by atoms with Crippen molar-refractivity contribution >= 4 is 31.7 Å². The summed E-state index contributed by atoms with van der Waals surface area (Å²) in [6.45, 7) is 1.67. The fourth-order valence-corrected chi connectivity index (χ4v) is 5.43. The fourth-order valence-electron chi connectivity index (χ4n) is 3.47. The summed E-state index contributed by atoms with van der Waals surface area (Å²) in [5, 5.41) is 0. The van der Waals surface area contributed by atoms with Gasteiger partial charge in [-0.05, 0) is 54.7 Å². The van der Waals surface area contributed by atoms with Crippen LogP contribution in [-0.2, 0) is 27.4 Å². The van der Waals surface area contributed by atoms with Gasteiger partial charge in [0.1, 0.15) is 12.4 Å². The van der Waals surface area contributed by atoms with Gasteiger partial charge in [0.05, 0.1) is 10.5 Å². The Balaban J connectivity index is 1.90. The molecule has 168 valence electrons. The minimum atomic E-state index is -4.67. The van der Waals surface area contributed by atoms with Crippen LogP contribution in [0.15, 0.2) is 45.8 Å². The molecule has 0 heterocycles. The number of rotatable bonds is 7. The summed E-state index contributed by atoms with van der Waals surface area (Å²) in [5.74, 6) is 0.464. The van der Waals surface area contributed by atoms with Crippen molar-refractivity contribution in [3.05, 3.63) is 57.6 Å². The first-order valence-corrected chi connectivity index (χ1v) is 12.0. The Bertz CT molecular complexity index is 1090. The molecule has 1 N–H and O–H groups in total. The van der Waals surface area contributed by atoms with E-state index in [1.54, 1.807) is 25.1 Å². The highest BCUT2D eigenvalue weighted by Crippen LogP contribution is 2.37. The predicted molar refractivity (Wildman–Crippen MR) is 112 cm³/mol. The molecule has 0 saturated heterocycles. The van der Waals surface area contributed by atoms with Crippen molar-refractivity contribution in [3.8, 4) is 5.75 Å². The summed E-state index contributed by atoms with van der Waals surface area (Å²) in [5.41, 5.74) is 0.445. The number of hydrogen-bond acceptors (Lipinski definition) is 4. The van der Waals surface area contributed by atoms with E-state index in [0.29, 0.717) is 43.1 Å². The lowest BCUT2D eigenvalue weighted by molar-refractivity contribution is -0.137. The van der Waals surface area contributed by atoms with Crippen molar-refractivity contribution < 1.29 is 31.1 Å². The molecule has 0 saturated carbocycles. The maximum Gasteiger partial charge on any atom is 0.416 e. The third-order valence-electron chi connectivity index (χ3n) is 5.05. The van der Waals surface area contributed by atoms with E-state index in [2.05, 4.69) is 20.7 Å². The second-order valence-electron chi connectivity index (χ2n) is 7.24. The van der Waals surface area contributed by atoms with Crippen molar-refractivity contribution in [3.63, 3.8) is 0 Å². The van der Waals surface area contributed by atoms with Crippen LogP contribution in [-0.4, -0.2) is 20.8 Å². The first-order chi connectivity index (χ1) is 14.5. The van der Waals surface area contributed by atoms with E-state index in [-0.39, 0.29) is 16.9 Å². The molecule has 2 aromatic carbocycles. The lowest BCUT2D eigenvalue weighted by Crippen LogP contribution is -2.31. The molecule has 0 spiro atoms. The number of alkyl halides is 3. The van der Waals surface area contributed by atoms with Crippen LogP contribution in [0.1, 0.15) is 48.9 Å². The number of fused-ring (bicyclic) bond motifs is 1. The van der Waals surface area contributed by atoms with E-state index in [9.17, 15) is 26.4 Å². The summed E-state index contributed by atoms with van der Waals surface area (Å²) in [7, 11) is -4.23. The molecule has 0 bridgehead atoms. The molecule has 5 nitrogen and oxygen atoms in total. The quantitative estimate of drug-likeness (QED) is 0.546. The maximum absolute atomic E-state index is 13.1. The van der Waals surface area contributed by atoms with E-state index >= 15 is 0 Å². The van der Waals surface area contributed by atoms with Crippen LogP contribution in [0.4, 0.5) is 13.2 Å². The molecule has 1 aliphatic rings. The molecule has 3 rings (SSSR count). The predicted octanol–water partition coefficient (Wildman–Crippen LogP) is 5.18. The molecule has 1 unspecified atom stereocenters. The van der Waals surface area contributed by atoms with E-state index in [1.165, 1.54) is 0 Å². The minimum absolute atomic E-state index is 0.0167. The van der Waals surface area contributed by atoms with Crippen LogP contribution in [0.3, 0.4) is 0 Å². The Kier molecular flexibility index (Phi) is 7.12. The summed E-state index contributed by atoms with van der Waals surface area (Å²) in [6, 6.07) is 7.16. The molecule has 1 aliphatic carbocycles. The molecule has 0 amide bonds. The third kappa shape index (κ3) is 5.67. The van der Waals surface area contributed by atoms with Crippen molar-refractivity contribution in [1.82, 2.24) is 4.72 Å². The van der Waals surface area contributed by atoms with Gasteiger partial charge in [0.2, 0.25) is 10.0 Å². The largest absolute Gasteiger partial charge is 0.486 e. The standard InChI is InChI=1S/C21H21BrF3NO4S/c1-2-15(27)12-30-20-8-4-5-17-18(20)6-3-7-19(17)26-31(28,29)16-10-13(21(23,24)25)9-14(22)11-16/h4-5,8-11,19,26H,2-3,6-7,12H2,1H3. The summed E-state index contributed by atoms with van der Waals surface area (Å²) >= 11 is 2.96. The van der Waals surface area contributed by atoms with Gasteiger partial charge in [0, 0.05) is 16.9 Å². The number of benzene rings is 2. The van der Waals surface area contributed by atoms with Crippen LogP contribution in [0.25, 0.3) is 0 Å². The van der Waals surface area contributed by atoms with Crippen LogP contribution in [0.5, 0.6) is 5.75 Å². The number of nitrogens with one attached hydrogen (secondary N) is 1. The Labute approximate surface area is 187 Å². The molecule has 0 fully saturated rings. The zero-order valence-electron chi connectivity index (χ0n) is 16.6. The van der Waals surface area contributed by atoms with Crippen molar-refractivity contribution in [2.45, 2.75) is 49.7 Å². The average molecular weight is 520 g/mol. The van der Waals surface area contributed by atoms with Crippen LogP contribution < -0.4 is 9.46 Å². The number of Topliss-reactive ketones (excluding diaryl/α,β-unsaturated/α-hetero) is 1. The van der Waals surface area contributed by atoms with E-state index in [1.807, 2.05) is 0 Å². The zero-order valence-corrected chi connectivity index (χ0v) is 19.0. The van der Waals surface area contributed by atoms with E-state index in [4.69, 9.17) is 4.74 Å². The lowest BCUT2D eigenvalue weighted by Gasteiger charge is -2.28. The van der Waals surface area contributed by atoms with Gasteiger partial charge in [-0.25, -0.2) is 13.1 Å². The first kappa shape index (κ1) is 23.7. The van der Waals surface area contributed by atoms with Gasteiger partial charge in [-0.2, -0.15) is 13.2 Å². The summed E-state index contributed by atoms with van der Waals surface area (Å²) in [6.07, 6.45) is -2.52. The van der Waals surface area contributed by atoms with E-state index in [0.717, 1.165) is 17.7 Å². The molecular weight excluding hydrogens is 499 g/mol. The molecule has 2 aromatic rings. The second-order valence-corrected chi connectivity index (χ2v) is 9.87. The minimum Gasteiger partial charge on any atom is -0.486 e. The molecule has 1 atom stereocenters. The number of halogens is 4. The Morgan fingerprint density at radius 2 is 2.00 bits per heavy atom. The highest BCUT2D eigenvalue weighted by molar-refractivity contribution is 9.10.